The highest BCUT2D eigenvalue weighted by Crippen LogP contribution is 2.26. The molecule has 0 aromatic rings. The fourth-order valence-corrected chi connectivity index (χ4v) is 2.83. The van der Waals surface area contributed by atoms with E-state index >= 15 is 0 Å². The van der Waals surface area contributed by atoms with E-state index in [1.54, 1.807) is 19.1 Å². The van der Waals surface area contributed by atoms with Gasteiger partial charge in [0.05, 0.1) is 12.0 Å². The van der Waals surface area contributed by atoms with E-state index < -0.39 is 24.0 Å². The van der Waals surface area contributed by atoms with E-state index in [0.29, 0.717) is 18.6 Å². The van der Waals surface area contributed by atoms with E-state index in [0.717, 1.165) is 4.90 Å². The summed E-state index contributed by atoms with van der Waals surface area (Å²) in [6.07, 6.45) is 4.24. The van der Waals surface area contributed by atoms with Crippen LogP contribution in [0.2, 0.25) is 0 Å². The molecular formula is C18H25NO6. The normalized spacial score (nSPS) is 26.1. The fourth-order valence-electron chi connectivity index (χ4n) is 2.83. The van der Waals surface area contributed by atoms with Crippen LogP contribution in [0.5, 0.6) is 0 Å². The fraction of sp³-hybridized carbons (Fsp3) is 0.611. The Morgan fingerprint density at radius 1 is 1.36 bits per heavy atom. The zero-order valence-corrected chi connectivity index (χ0v) is 14.8. The molecule has 0 aliphatic carbocycles. The summed E-state index contributed by atoms with van der Waals surface area (Å²) in [5, 5.41) is 8.83. The van der Waals surface area contributed by atoms with Crippen LogP contribution < -0.4 is 0 Å². The van der Waals surface area contributed by atoms with Gasteiger partial charge in [0, 0.05) is 6.61 Å². The third-order valence-corrected chi connectivity index (χ3v) is 4.42. The molecular weight excluding hydrogens is 326 g/mol. The standard InChI is InChI=1S/C18H25NO6/c1-11(2)14-10-24-18(23)19(14)17(22)12(3)16-15(21)8-7-13(25-16)6-4-5-9-20/h6-8,11-12,14,16,20H,4-5,9-10H2,1-3H3. The Kier molecular flexibility index (Phi) is 6.36. The number of hydrogen-bond acceptors (Lipinski definition) is 6. The van der Waals surface area contributed by atoms with Gasteiger partial charge in [-0.05, 0) is 43.9 Å². The molecule has 2 rings (SSSR count). The molecule has 2 aliphatic heterocycles. The van der Waals surface area contributed by atoms with Crippen molar-refractivity contribution < 1.29 is 29.0 Å². The maximum atomic E-state index is 12.8. The van der Waals surface area contributed by atoms with Crippen molar-refractivity contribution in [3.63, 3.8) is 0 Å². The third-order valence-electron chi connectivity index (χ3n) is 4.42. The number of amides is 2. The maximum absolute atomic E-state index is 12.8. The quantitative estimate of drug-likeness (QED) is 0.734. The minimum atomic E-state index is -0.973. The molecule has 0 bridgehead atoms. The molecule has 0 spiro atoms. The van der Waals surface area contributed by atoms with Gasteiger partial charge in [-0.25, -0.2) is 9.69 Å². The lowest BCUT2D eigenvalue weighted by molar-refractivity contribution is -0.143. The van der Waals surface area contributed by atoms with E-state index in [9.17, 15) is 14.4 Å². The summed E-state index contributed by atoms with van der Waals surface area (Å²) in [6.45, 7) is 5.63. The molecule has 1 N–H and O–H groups in total. The highest BCUT2D eigenvalue weighted by molar-refractivity contribution is 6.01. The van der Waals surface area contributed by atoms with Crippen molar-refractivity contribution in [1.29, 1.82) is 0 Å². The van der Waals surface area contributed by atoms with Gasteiger partial charge in [0.25, 0.3) is 0 Å². The van der Waals surface area contributed by atoms with Crippen LogP contribution in [0.1, 0.15) is 33.6 Å². The number of ketones is 1. The van der Waals surface area contributed by atoms with E-state index in [1.165, 1.54) is 6.08 Å². The van der Waals surface area contributed by atoms with Crippen molar-refractivity contribution in [2.24, 2.45) is 11.8 Å². The van der Waals surface area contributed by atoms with Gasteiger partial charge < -0.3 is 14.6 Å². The van der Waals surface area contributed by atoms with Crippen molar-refractivity contribution in [3.05, 3.63) is 24.0 Å². The molecule has 2 heterocycles. The van der Waals surface area contributed by atoms with Crippen LogP contribution in [-0.4, -0.2) is 53.1 Å². The zero-order chi connectivity index (χ0) is 18.6. The molecule has 1 saturated heterocycles. The summed E-state index contributed by atoms with van der Waals surface area (Å²) in [5.41, 5.74) is 0. The van der Waals surface area contributed by atoms with E-state index in [2.05, 4.69) is 0 Å². The van der Waals surface area contributed by atoms with E-state index in [-0.39, 0.29) is 31.0 Å². The van der Waals surface area contributed by atoms with Crippen LogP contribution in [0.4, 0.5) is 4.79 Å². The molecule has 0 saturated carbocycles. The van der Waals surface area contributed by atoms with Gasteiger partial charge in [0.15, 0.2) is 11.9 Å². The van der Waals surface area contributed by atoms with Crippen LogP contribution in [0, 0.1) is 11.8 Å². The van der Waals surface area contributed by atoms with Crippen LogP contribution in [0.15, 0.2) is 24.0 Å². The largest absolute Gasteiger partial charge is 0.482 e. The molecule has 0 radical (unpaired) electrons. The van der Waals surface area contributed by atoms with Crippen LogP contribution >= 0.6 is 0 Å². The van der Waals surface area contributed by atoms with Crippen molar-refractivity contribution in [2.75, 3.05) is 13.2 Å². The number of rotatable bonds is 6. The molecule has 7 heteroatoms. The van der Waals surface area contributed by atoms with Crippen LogP contribution in [-0.2, 0) is 19.1 Å². The van der Waals surface area contributed by atoms with Gasteiger partial charge in [-0.15, -0.1) is 0 Å². The summed E-state index contributed by atoms with van der Waals surface area (Å²) >= 11 is 0. The number of carbonyl (C=O) groups is 3. The van der Waals surface area contributed by atoms with Gasteiger partial charge in [0.2, 0.25) is 5.91 Å². The number of ether oxygens (including phenoxy) is 2. The molecule has 2 aliphatic rings. The summed E-state index contributed by atoms with van der Waals surface area (Å²) in [7, 11) is 0. The predicted octanol–water partition coefficient (Wildman–Crippen LogP) is 1.81. The van der Waals surface area contributed by atoms with Gasteiger partial charge in [-0.2, -0.15) is 0 Å². The zero-order valence-electron chi connectivity index (χ0n) is 14.8. The lowest BCUT2D eigenvalue weighted by Gasteiger charge is -2.30. The minimum Gasteiger partial charge on any atom is -0.482 e. The van der Waals surface area contributed by atoms with E-state index in [1.807, 2.05) is 13.8 Å². The van der Waals surface area contributed by atoms with Gasteiger partial charge in [-0.1, -0.05) is 13.8 Å². The Morgan fingerprint density at radius 3 is 2.72 bits per heavy atom. The molecule has 25 heavy (non-hydrogen) atoms. The molecule has 0 aromatic carbocycles. The van der Waals surface area contributed by atoms with Crippen LogP contribution in [0.25, 0.3) is 0 Å². The number of carbonyl (C=O) groups excluding carboxylic acids is 3. The van der Waals surface area contributed by atoms with Crippen molar-refractivity contribution in [2.45, 2.75) is 45.8 Å². The summed E-state index contributed by atoms with van der Waals surface area (Å²) in [6, 6.07) is -0.337. The first kappa shape index (κ1) is 19.2. The molecule has 3 atom stereocenters. The van der Waals surface area contributed by atoms with Crippen molar-refractivity contribution in [1.82, 2.24) is 4.90 Å². The number of aliphatic hydroxyl groups is 1. The molecule has 3 unspecified atom stereocenters. The molecule has 138 valence electrons. The summed E-state index contributed by atoms with van der Waals surface area (Å²) in [5.74, 6) is -1.05. The first-order valence-corrected chi connectivity index (χ1v) is 8.56. The second-order valence-corrected chi connectivity index (χ2v) is 6.63. The average molecular weight is 351 g/mol. The van der Waals surface area contributed by atoms with E-state index in [4.69, 9.17) is 14.6 Å². The lowest BCUT2D eigenvalue weighted by atomic mass is 9.95. The SMILES string of the molecule is CC(C)C1COC(=O)N1C(=O)C(C)C1OC(=CCCCO)C=CC1=O. The van der Waals surface area contributed by atoms with Crippen molar-refractivity contribution in [3.8, 4) is 0 Å². The first-order chi connectivity index (χ1) is 11.9. The Hall–Kier alpha value is -2.15. The second kappa shape index (κ2) is 8.29. The number of imide groups is 1. The Bertz CT molecular complexity index is 594. The van der Waals surface area contributed by atoms with Crippen LogP contribution in [0.3, 0.4) is 0 Å². The monoisotopic (exact) mass is 351 g/mol. The third kappa shape index (κ3) is 4.28. The number of hydrogen-bond donors (Lipinski definition) is 1. The Labute approximate surface area is 147 Å². The highest BCUT2D eigenvalue weighted by atomic mass is 16.6. The second-order valence-electron chi connectivity index (χ2n) is 6.63. The molecule has 2 amide bonds. The number of unbranched alkanes of at least 4 members (excludes halogenated alkanes) is 1. The molecule has 0 aromatic heterocycles. The number of aliphatic hydroxyl groups excluding tert-OH is 1. The molecule has 1 fully saturated rings. The topological polar surface area (TPSA) is 93.1 Å². The summed E-state index contributed by atoms with van der Waals surface area (Å²) < 4.78 is 10.7. The number of cyclic esters (lactones) is 1. The Morgan fingerprint density at radius 2 is 2.08 bits per heavy atom. The first-order valence-electron chi connectivity index (χ1n) is 8.56. The summed E-state index contributed by atoms with van der Waals surface area (Å²) in [4.78, 5) is 38.0. The predicted molar refractivity (Wildman–Crippen MR) is 89.4 cm³/mol. The lowest BCUT2D eigenvalue weighted by Crippen LogP contribution is -2.48. The van der Waals surface area contributed by atoms with Gasteiger partial charge in [0.1, 0.15) is 12.4 Å². The number of allylic oxidation sites excluding steroid dienone is 2. The maximum Gasteiger partial charge on any atom is 0.416 e. The smallest absolute Gasteiger partial charge is 0.416 e. The van der Waals surface area contributed by atoms with Gasteiger partial charge in [-0.3, -0.25) is 9.59 Å². The average Bonchev–Trinajstić information content (AvgIpc) is 2.97. The Balaban J connectivity index is 2.12. The minimum absolute atomic E-state index is 0.0550. The van der Waals surface area contributed by atoms with Gasteiger partial charge >= 0.3 is 6.09 Å². The highest BCUT2D eigenvalue weighted by Gasteiger charge is 2.44. The van der Waals surface area contributed by atoms with Crippen molar-refractivity contribution >= 4 is 17.8 Å². The molecule has 7 nitrogen and oxygen atoms in total. The number of nitrogens with zero attached hydrogens (tertiary/aromatic N) is 1.